The number of halogens is 9. The Kier molecular flexibility index (Phi) is 16.2. The van der Waals surface area contributed by atoms with E-state index in [-0.39, 0.29) is 5.75 Å². The number of nitrogens with one attached hydrogen (secondary N) is 2. The van der Waals surface area contributed by atoms with Gasteiger partial charge in [0.15, 0.2) is 0 Å². The van der Waals surface area contributed by atoms with Crippen molar-refractivity contribution in [2.75, 3.05) is 14.3 Å². The van der Waals surface area contributed by atoms with Gasteiger partial charge in [0.1, 0.15) is 22.7 Å². The summed E-state index contributed by atoms with van der Waals surface area (Å²) in [6.07, 6.45) is -1.20. The van der Waals surface area contributed by atoms with Crippen molar-refractivity contribution >= 4 is 81.0 Å². The first-order chi connectivity index (χ1) is 29.9. The Morgan fingerprint density at radius 2 is 0.939 bits per heavy atom. The number of phenolic OH excluding ortho intramolecular Hbond substituents is 1. The van der Waals surface area contributed by atoms with Crippen molar-refractivity contribution in [2.24, 2.45) is 0 Å². The Bertz CT molecular complexity index is 2840. The van der Waals surface area contributed by atoms with Crippen molar-refractivity contribution in [1.82, 2.24) is 0 Å². The monoisotopic (exact) mass is 1010 g/mol. The number of alkyl halides is 9. The van der Waals surface area contributed by atoms with E-state index >= 15 is 0 Å². The normalized spacial score (nSPS) is 12.7. The predicted molar refractivity (Wildman–Crippen MR) is 224 cm³/mol. The van der Waals surface area contributed by atoms with E-state index in [2.05, 4.69) is 14.8 Å². The highest BCUT2D eigenvalue weighted by molar-refractivity contribution is 8.11. The van der Waals surface area contributed by atoms with Gasteiger partial charge in [-0.05, 0) is 113 Å². The van der Waals surface area contributed by atoms with Gasteiger partial charge in [-0.25, -0.2) is 9.59 Å². The van der Waals surface area contributed by atoms with Gasteiger partial charge in [-0.3, -0.25) is 10.6 Å². The number of ether oxygens (including phenoxy) is 2. The molecule has 5 aromatic rings. The molecule has 0 aliphatic carbocycles. The topological polar surface area (TPSA) is 212 Å². The number of hydrogen-bond acceptors (Lipinski definition) is 12. The van der Waals surface area contributed by atoms with E-state index in [0.717, 1.165) is 41.1 Å². The molecule has 0 unspecified atom stereocenters. The van der Waals surface area contributed by atoms with Crippen LogP contribution in [0.3, 0.4) is 0 Å². The average molecular weight is 1010 g/mol. The highest BCUT2D eigenvalue weighted by Gasteiger charge is 2.61. The molecule has 5 aromatic carbocycles. The van der Waals surface area contributed by atoms with Crippen LogP contribution >= 0.6 is 0 Å². The minimum absolute atomic E-state index is 0.196. The van der Waals surface area contributed by atoms with Crippen LogP contribution in [0.15, 0.2) is 103 Å². The summed E-state index contributed by atoms with van der Waals surface area (Å²) >= 11 is 0. The summed E-state index contributed by atoms with van der Waals surface area (Å²) in [4.78, 5) is 23.6. The van der Waals surface area contributed by atoms with Crippen LogP contribution in [-0.4, -0.2) is 70.3 Å². The number of anilines is 3. The maximum Gasteiger partial charge on any atom is 0.534 e. The number of aromatic hydroxyl groups is 1. The lowest BCUT2D eigenvalue weighted by atomic mass is 10.1. The SMILES string of the molecule is CC(C)(C)OC(=O)Nc1cccc2cc(O)ccc12.CC(C)(C)OC(=O)Nc1cccc2cc(OS(=O)(=O)C(F)(F)F)ccc12.O=S(=O)(N(c1ccccc1)S(=O)(=O)C(F)(F)F)C(F)(F)F. The van der Waals surface area contributed by atoms with E-state index in [9.17, 15) is 79.5 Å². The third-order valence-corrected chi connectivity index (χ3v) is 12.1. The second-order valence-corrected chi connectivity index (χ2v) is 20.4. The van der Waals surface area contributed by atoms with Crippen LogP contribution in [-0.2, 0) is 39.6 Å². The minimum atomic E-state index is -6.81. The second-order valence-electron chi connectivity index (χ2n) is 15.1. The molecule has 27 heteroatoms. The lowest BCUT2D eigenvalue weighted by Crippen LogP contribution is -2.49. The number of carbonyl (C=O) groups is 2. The Morgan fingerprint density at radius 1 is 0.530 bits per heavy atom. The highest BCUT2D eigenvalue weighted by Crippen LogP contribution is 2.39. The van der Waals surface area contributed by atoms with Crippen LogP contribution in [0, 0.1) is 0 Å². The minimum Gasteiger partial charge on any atom is -0.508 e. The Labute approximate surface area is 371 Å². The molecule has 0 heterocycles. The fraction of sp³-hybridized carbons (Fsp3) is 0.282. The van der Waals surface area contributed by atoms with Crippen LogP contribution in [0.2, 0.25) is 0 Å². The van der Waals surface area contributed by atoms with Gasteiger partial charge in [0.25, 0.3) is 0 Å². The van der Waals surface area contributed by atoms with Gasteiger partial charge >= 0.3 is 58.9 Å². The number of hydrogen-bond donors (Lipinski definition) is 3. The molecular formula is C39H38F9N3O12S3. The maximum atomic E-state index is 12.4. The van der Waals surface area contributed by atoms with Gasteiger partial charge in [-0.15, -0.1) is 3.71 Å². The van der Waals surface area contributed by atoms with Crippen LogP contribution in [0.5, 0.6) is 11.5 Å². The quantitative estimate of drug-likeness (QED) is 0.0790. The smallest absolute Gasteiger partial charge is 0.508 e. The molecule has 0 aliphatic heterocycles. The maximum absolute atomic E-state index is 12.4. The van der Waals surface area contributed by atoms with Crippen molar-refractivity contribution in [1.29, 1.82) is 0 Å². The standard InChI is InChI=1S/C16H16F3NO5S.C15H17NO3.C8H5F6NO4S2/c1-15(2,3)24-14(21)20-13-6-4-5-10-9-11(7-8-12(10)13)25-26(22,23)16(17,18)19;1-15(2,3)19-14(18)16-13-6-4-5-10-9-11(17)7-8-12(10)13;9-7(10,11)20(16,17)15(6-4-2-1-3-5-6)21(18,19)8(12,13)14/h4-9H,1-3H3,(H,20,21);4-9,17H,1-3H3,(H,16,18);1-5H. The number of fused-ring (bicyclic) bond motifs is 2. The summed E-state index contributed by atoms with van der Waals surface area (Å²) in [5.74, 6) is -0.300. The molecular weight excluding hydrogens is 970 g/mol. The number of sulfonamides is 2. The molecule has 0 aliphatic rings. The molecule has 2 amide bonds. The lowest BCUT2D eigenvalue weighted by Gasteiger charge is -2.25. The van der Waals surface area contributed by atoms with Crippen LogP contribution < -0.4 is 18.5 Å². The van der Waals surface area contributed by atoms with Crippen molar-refractivity contribution < 1.29 is 93.1 Å². The fourth-order valence-corrected chi connectivity index (χ4v) is 8.11. The average Bonchev–Trinajstić information content (AvgIpc) is 3.12. The molecule has 0 saturated heterocycles. The molecule has 0 spiro atoms. The van der Waals surface area contributed by atoms with Crippen molar-refractivity contribution in [3.05, 3.63) is 103 Å². The zero-order chi connectivity index (χ0) is 50.5. The van der Waals surface area contributed by atoms with E-state index in [0.29, 0.717) is 34.3 Å². The first-order valence-corrected chi connectivity index (χ1v) is 22.4. The first-order valence-electron chi connectivity index (χ1n) is 18.1. The summed E-state index contributed by atoms with van der Waals surface area (Å²) in [7, 11) is -19.4. The van der Waals surface area contributed by atoms with E-state index < -0.39 is 85.2 Å². The van der Waals surface area contributed by atoms with Crippen LogP contribution in [0.4, 0.5) is 66.2 Å². The number of rotatable bonds is 7. The zero-order valence-electron chi connectivity index (χ0n) is 34.8. The number of phenols is 1. The molecule has 0 bridgehead atoms. The van der Waals surface area contributed by atoms with Crippen molar-refractivity contribution in [2.45, 2.75) is 69.3 Å². The number of nitrogens with zero attached hydrogens (tertiary/aromatic N) is 1. The fourth-order valence-electron chi connectivity index (χ4n) is 4.95. The van der Waals surface area contributed by atoms with E-state index in [1.54, 1.807) is 51.1 Å². The van der Waals surface area contributed by atoms with Crippen molar-refractivity contribution in [3.63, 3.8) is 0 Å². The molecule has 0 atom stereocenters. The molecule has 0 fully saturated rings. The molecule has 66 heavy (non-hydrogen) atoms. The number of benzene rings is 5. The van der Waals surface area contributed by atoms with Crippen molar-refractivity contribution in [3.8, 4) is 11.5 Å². The van der Waals surface area contributed by atoms with Gasteiger partial charge in [-0.1, -0.05) is 42.5 Å². The molecule has 0 aromatic heterocycles. The van der Waals surface area contributed by atoms with Gasteiger partial charge in [0.05, 0.1) is 17.1 Å². The van der Waals surface area contributed by atoms with Crippen LogP contribution in [0.1, 0.15) is 41.5 Å². The molecule has 362 valence electrons. The molecule has 15 nitrogen and oxygen atoms in total. The molecule has 5 rings (SSSR count). The first kappa shape index (κ1) is 54.1. The largest absolute Gasteiger partial charge is 0.534 e. The van der Waals surface area contributed by atoms with E-state index in [1.165, 1.54) is 18.2 Å². The molecule has 3 N–H and O–H groups in total. The van der Waals surface area contributed by atoms with E-state index in [4.69, 9.17) is 9.47 Å². The summed E-state index contributed by atoms with van der Waals surface area (Å²) in [5, 5.41) is 17.2. The summed E-state index contributed by atoms with van der Waals surface area (Å²) in [6, 6.07) is 22.5. The number of amides is 2. The second kappa shape index (κ2) is 19.7. The molecule has 0 saturated carbocycles. The van der Waals surface area contributed by atoms with Gasteiger partial charge in [0, 0.05) is 10.8 Å². The third-order valence-electron chi connectivity index (χ3n) is 7.47. The van der Waals surface area contributed by atoms with Gasteiger partial charge in [-0.2, -0.15) is 64.8 Å². The zero-order valence-corrected chi connectivity index (χ0v) is 37.3. The predicted octanol–water partition coefficient (Wildman–Crippen LogP) is 10.5. The lowest BCUT2D eigenvalue weighted by molar-refractivity contribution is -0.0501. The van der Waals surface area contributed by atoms with Crippen LogP contribution in [0.25, 0.3) is 21.5 Å². The number of carbonyl (C=O) groups excluding carboxylic acids is 2. The number of para-hydroxylation sites is 1. The summed E-state index contributed by atoms with van der Waals surface area (Å²) in [6.45, 7) is 10.5. The Hall–Kier alpha value is -6.22. The van der Waals surface area contributed by atoms with Gasteiger partial charge in [0.2, 0.25) is 0 Å². The molecule has 0 radical (unpaired) electrons. The summed E-state index contributed by atoms with van der Waals surface area (Å²) in [5.41, 5.74) is -19.5. The Morgan fingerprint density at radius 3 is 1.33 bits per heavy atom. The third kappa shape index (κ3) is 14.4. The highest BCUT2D eigenvalue weighted by atomic mass is 32.3. The Balaban J connectivity index is 0.000000266. The van der Waals surface area contributed by atoms with Gasteiger partial charge < -0.3 is 18.8 Å². The summed E-state index contributed by atoms with van der Waals surface area (Å²) < 4.78 is 191. The van der Waals surface area contributed by atoms with E-state index in [1.807, 2.05) is 32.9 Å².